The predicted octanol–water partition coefficient (Wildman–Crippen LogP) is 2.06. The molecule has 0 amide bonds. The lowest BCUT2D eigenvalue weighted by molar-refractivity contribution is 0.121. The Labute approximate surface area is 99.8 Å². The summed E-state index contributed by atoms with van der Waals surface area (Å²) in [5, 5.41) is -0.491. The van der Waals surface area contributed by atoms with E-state index < -0.39 is 28.2 Å². The maximum Gasteiger partial charge on any atom is 0.252 e. The van der Waals surface area contributed by atoms with Crippen molar-refractivity contribution in [3.63, 3.8) is 0 Å². The van der Waals surface area contributed by atoms with Gasteiger partial charge in [0.05, 0.1) is 11.8 Å². The maximum absolute atomic E-state index is 12.3. The molecule has 1 rings (SSSR count). The summed E-state index contributed by atoms with van der Waals surface area (Å²) in [6.07, 6.45) is 0.203. The number of rotatable bonds is 6. The van der Waals surface area contributed by atoms with Crippen LogP contribution in [-0.2, 0) is 10.0 Å². The SMILES string of the molecule is O=S(=O)(C1CCCC1)N(CCCl)CC(F)F. The standard InChI is InChI=1S/C9H16ClF2NO2S/c10-5-6-13(7-9(11)12)16(14,15)8-3-1-2-4-8/h8-9H,1-7H2. The van der Waals surface area contributed by atoms with Crippen LogP contribution in [-0.4, -0.2) is 43.4 Å². The lowest BCUT2D eigenvalue weighted by Gasteiger charge is -2.24. The highest BCUT2D eigenvalue weighted by molar-refractivity contribution is 7.89. The molecule has 0 atom stereocenters. The summed E-state index contributed by atoms with van der Waals surface area (Å²) < 4.78 is 49.4. The Kier molecular flexibility index (Phi) is 5.40. The first kappa shape index (κ1) is 14.1. The molecule has 1 saturated carbocycles. The summed E-state index contributed by atoms with van der Waals surface area (Å²) in [6, 6.07) is 0. The fourth-order valence-corrected chi connectivity index (χ4v) is 4.29. The van der Waals surface area contributed by atoms with Crippen LogP contribution in [0.5, 0.6) is 0 Å². The molecule has 0 N–H and O–H groups in total. The highest BCUT2D eigenvalue weighted by Gasteiger charge is 2.34. The zero-order valence-corrected chi connectivity index (χ0v) is 10.5. The summed E-state index contributed by atoms with van der Waals surface area (Å²) in [6.45, 7) is -0.781. The van der Waals surface area contributed by atoms with Crippen LogP contribution >= 0.6 is 11.6 Å². The monoisotopic (exact) mass is 275 g/mol. The summed E-state index contributed by atoms with van der Waals surface area (Å²) in [5.74, 6) is 0.0403. The number of alkyl halides is 3. The van der Waals surface area contributed by atoms with Crippen LogP contribution in [0.4, 0.5) is 8.78 Å². The second kappa shape index (κ2) is 6.12. The van der Waals surface area contributed by atoms with Crippen molar-refractivity contribution in [2.45, 2.75) is 37.4 Å². The van der Waals surface area contributed by atoms with Gasteiger partial charge in [0.2, 0.25) is 10.0 Å². The molecule has 1 aliphatic carbocycles. The van der Waals surface area contributed by atoms with Crippen molar-refractivity contribution in [3.05, 3.63) is 0 Å². The summed E-state index contributed by atoms with van der Waals surface area (Å²) in [5.41, 5.74) is 0. The highest BCUT2D eigenvalue weighted by atomic mass is 35.5. The first-order valence-corrected chi connectivity index (χ1v) is 7.35. The van der Waals surface area contributed by atoms with Gasteiger partial charge in [-0.05, 0) is 12.8 Å². The van der Waals surface area contributed by atoms with Crippen LogP contribution in [0.1, 0.15) is 25.7 Å². The molecule has 1 fully saturated rings. The van der Waals surface area contributed by atoms with Crippen molar-refractivity contribution < 1.29 is 17.2 Å². The Morgan fingerprint density at radius 2 is 1.88 bits per heavy atom. The molecular weight excluding hydrogens is 260 g/mol. The summed E-state index contributed by atoms with van der Waals surface area (Å²) >= 11 is 5.44. The average Bonchev–Trinajstić information content (AvgIpc) is 2.69. The van der Waals surface area contributed by atoms with Gasteiger partial charge in [0.25, 0.3) is 6.43 Å². The van der Waals surface area contributed by atoms with E-state index in [1.807, 2.05) is 0 Å². The zero-order valence-electron chi connectivity index (χ0n) is 8.91. The fourth-order valence-electron chi connectivity index (χ4n) is 1.97. The highest BCUT2D eigenvalue weighted by Crippen LogP contribution is 2.27. The Hall–Kier alpha value is 0.0600. The van der Waals surface area contributed by atoms with Crippen LogP contribution in [0.25, 0.3) is 0 Å². The lowest BCUT2D eigenvalue weighted by atomic mass is 10.4. The van der Waals surface area contributed by atoms with E-state index in [1.165, 1.54) is 0 Å². The largest absolute Gasteiger partial charge is 0.252 e. The molecule has 16 heavy (non-hydrogen) atoms. The molecule has 0 saturated heterocycles. The van der Waals surface area contributed by atoms with Gasteiger partial charge in [0, 0.05) is 12.4 Å². The van der Waals surface area contributed by atoms with E-state index in [-0.39, 0.29) is 12.4 Å². The molecule has 3 nitrogen and oxygen atoms in total. The van der Waals surface area contributed by atoms with E-state index in [0.717, 1.165) is 17.1 Å². The molecule has 0 heterocycles. The van der Waals surface area contributed by atoms with Gasteiger partial charge in [-0.3, -0.25) is 0 Å². The van der Waals surface area contributed by atoms with Crippen molar-refractivity contribution in [2.75, 3.05) is 19.0 Å². The molecule has 0 spiro atoms. The number of hydrogen-bond acceptors (Lipinski definition) is 2. The van der Waals surface area contributed by atoms with Gasteiger partial charge in [-0.1, -0.05) is 12.8 Å². The second-order valence-electron chi connectivity index (χ2n) is 3.89. The van der Waals surface area contributed by atoms with Gasteiger partial charge in [-0.25, -0.2) is 17.2 Å². The first-order chi connectivity index (χ1) is 7.48. The summed E-state index contributed by atoms with van der Waals surface area (Å²) in [7, 11) is -3.59. The van der Waals surface area contributed by atoms with E-state index in [9.17, 15) is 17.2 Å². The van der Waals surface area contributed by atoms with E-state index in [2.05, 4.69) is 0 Å². The van der Waals surface area contributed by atoms with Gasteiger partial charge in [0.1, 0.15) is 0 Å². The van der Waals surface area contributed by atoms with Crippen molar-refractivity contribution in [3.8, 4) is 0 Å². The molecule has 0 radical (unpaired) electrons. The third-order valence-corrected chi connectivity index (χ3v) is 5.29. The van der Waals surface area contributed by atoms with Crippen LogP contribution in [0.15, 0.2) is 0 Å². The maximum atomic E-state index is 12.3. The van der Waals surface area contributed by atoms with Crippen LogP contribution in [0, 0.1) is 0 Å². The molecule has 0 aromatic rings. The smallest absolute Gasteiger partial charge is 0.212 e. The first-order valence-electron chi connectivity index (χ1n) is 5.31. The molecule has 0 aliphatic heterocycles. The third-order valence-electron chi connectivity index (χ3n) is 2.76. The summed E-state index contributed by atoms with van der Waals surface area (Å²) in [4.78, 5) is 0. The molecule has 96 valence electrons. The van der Waals surface area contributed by atoms with Gasteiger partial charge >= 0.3 is 0 Å². The molecular formula is C9H16ClF2NO2S. The minimum absolute atomic E-state index is 0.0370. The Morgan fingerprint density at radius 1 is 1.31 bits per heavy atom. The normalized spacial score (nSPS) is 18.8. The Morgan fingerprint density at radius 3 is 2.31 bits per heavy atom. The van der Waals surface area contributed by atoms with Crippen LogP contribution in [0.3, 0.4) is 0 Å². The molecule has 0 unspecified atom stereocenters. The van der Waals surface area contributed by atoms with Gasteiger partial charge in [-0.2, -0.15) is 4.31 Å². The second-order valence-corrected chi connectivity index (χ2v) is 6.48. The molecule has 7 heteroatoms. The molecule has 0 bridgehead atoms. The molecule has 1 aliphatic rings. The number of sulfonamides is 1. The zero-order chi connectivity index (χ0) is 12.2. The van der Waals surface area contributed by atoms with Gasteiger partial charge < -0.3 is 0 Å². The molecule has 0 aromatic heterocycles. The molecule has 0 aromatic carbocycles. The number of halogens is 3. The Balaban J connectivity index is 2.74. The lowest BCUT2D eigenvalue weighted by Crippen LogP contribution is -2.41. The predicted molar refractivity (Wildman–Crippen MR) is 59.5 cm³/mol. The Bertz CT molecular complexity index is 305. The van der Waals surface area contributed by atoms with E-state index in [1.54, 1.807) is 0 Å². The third kappa shape index (κ3) is 3.53. The van der Waals surface area contributed by atoms with Gasteiger partial charge in [0.15, 0.2) is 0 Å². The fraction of sp³-hybridized carbons (Fsp3) is 1.00. The quantitative estimate of drug-likeness (QED) is 0.696. The van der Waals surface area contributed by atoms with Gasteiger partial charge in [-0.15, -0.1) is 11.6 Å². The number of hydrogen-bond donors (Lipinski definition) is 0. The van der Waals surface area contributed by atoms with Crippen molar-refractivity contribution in [1.29, 1.82) is 0 Å². The average molecular weight is 276 g/mol. The van der Waals surface area contributed by atoms with E-state index >= 15 is 0 Å². The minimum Gasteiger partial charge on any atom is -0.212 e. The van der Waals surface area contributed by atoms with E-state index in [4.69, 9.17) is 11.6 Å². The van der Waals surface area contributed by atoms with Crippen LogP contribution in [0.2, 0.25) is 0 Å². The van der Waals surface area contributed by atoms with Crippen molar-refractivity contribution >= 4 is 21.6 Å². The topological polar surface area (TPSA) is 37.4 Å². The van der Waals surface area contributed by atoms with Crippen molar-refractivity contribution in [2.24, 2.45) is 0 Å². The van der Waals surface area contributed by atoms with Crippen LogP contribution < -0.4 is 0 Å². The van der Waals surface area contributed by atoms with E-state index in [0.29, 0.717) is 12.8 Å². The number of nitrogens with zero attached hydrogens (tertiary/aromatic N) is 1. The minimum atomic E-state index is -3.59. The van der Waals surface area contributed by atoms with Crippen molar-refractivity contribution in [1.82, 2.24) is 4.31 Å².